The number of fused-ring (bicyclic) bond motifs is 7. The molecule has 5 saturated carbocycles. The number of nitrogens with two attached hydrogens (primary N) is 1. The quantitative estimate of drug-likeness (QED) is 0.258. The van der Waals surface area contributed by atoms with Gasteiger partial charge in [-0.15, -0.1) is 0 Å². The van der Waals surface area contributed by atoms with Crippen molar-refractivity contribution >= 4 is 17.7 Å². The van der Waals surface area contributed by atoms with E-state index in [2.05, 4.69) is 48.5 Å². The normalized spacial score (nSPS) is 41.7. The third-order valence-corrected chi connectivity index (χ3v) is 17.6. The summed E-state index contributed by atoms with van der Waals surface area (Å²) in [5.74, 6) is 0.526. The average molecular weight is 730 g/mol. The molecule has 0 saturated heterocycles. The molecule has 0 bridgehead atoms. The Kier molecular flexibility index (Phi) is 9.53. The number of aliphatic hydroxyl groups is 1. The molecule has 7 rings (SSSR count). The highest BCUT2D eigenvalue weighted by Crippen LogP contribution is 2.77. The number of Topliss-reactive ketones (excluding diaryl/α,β-unsaturated/α-hetero) is 1. The first-order valence-electron chi connectivity index (χ1n) is 20.9. The molecule has 6 aliphatic carbocycles. The van der Waals surface area contributed by atoms with Crippen molar-refractivity contribution in [3.05, 3.63) is 47.0 Å². The molecule has 53 heavy (non-hydrogen) atoms. The average Bonchev–Trinajstić information content (AvgIpc) is 3.41. The molecule has 5 fully saturated rings. The maximum Gasteiger partial charge on any atom is 0.309 e. The van der Waals surface area contributed by atoms with E-state index in [1.165, 1.54) is 5.57 Å². The van der Waals surface area contributed by atoms with Crippen LogP contribution < -0.4 is 5.73 Å². The predicted molar refractivity (Wildman–Crippen MR) is 206 cm³/mol. The van der Waals surface area contributed by atoms with Gasteiger partial charge in [-0.3, -0.25) is 14.4 Å². The Morgan fingerprint density at radius 2 is 1.51 bits per heavy atom. The van der Waals surface area contributed by atoms with Crippen molar-refractivity contribution in [2.24, 2.45) is 73.7 Å². The third-order valence-electron chi connectivity index (χ3n) is 17.6. The summed E-state index contributed by atoms with van der Waals surface area (Å²) >= 11 is 0. The van der Waals surface area contributed by atoms with Crippen molar-refractivity contribution < 1.29 is 29.0 Å². The molecule has 1 aromatic carbocycles. The Hall–Kier alpha value is -2.51. The van der Waals surface area contributed by atoms with E-state index in [9.17, 15) is 19.5 Å². The number of rotatable bonds is 8. The summed E-state index contributed by atoms with van der Waals surface area (Å²) in [5.41, 5.74) is 8.36. The van der Waals surface area contributed by atoms with Gasteiger partial charge >= 0.3 is 11.9 Å². The van der Waals surface area contributed by atoms with Gasteiger partial charge in [0.1, 0.15) is 12.7 Å². The van der Waals surface area contributed by atoms with Crippen LogP contribution in [0.5, 0.6) is 0 Å². The number of aliphatic hydroxyl groups excluding tert-OH is 1. The van der Waals surface area contributed by atoms with Crippen molar-refractivity contribution in [3.8, 4) is 0 Å². The molecule has 7 heteroatoms. The second kappa shape index (κ2) is 13.0. The number of ether oxygens (including phenoxy) is 2. The first-order valence-corrected chi connectivity index (χ1v) is 20.9. The number of hydrogen-bond donors (Lipinski definition) is 2. The minimum absolute atomic E-state index is 0.0177. The van der Waals surface area contributed by atoms with Crippen LogP contribution in [0.15, 0.2) is 41.5 Å². The summed E-state index contributed by atoms with van der Waals surface area (Å²) < 4.78 is 12.2. The lowest BCUT2D eigenvalue weighted by atomic mass is 9.33. The van der Waals surface area contributed by atoms with Gasteiger partial charge in [-0.25, -0.2) is 0 Å². The van der Waals surface area contributed by atoms with Gasteiger partial charge in [0, 0.05) is 23.8 Å². The molecular weight excluding hydrogens is 663 g/mol. The van der Waals surface area contributed by atoms with Gasteiger partial charge in [-0.05, 0) is 114 Å². The summed E-state index contributed by atoms with van der Waals surface area (Å²) in [5, 5.41) is 11.5. The minimum atomic E-state index is -0.690. The predicted octanol–water partition coefficient (Wildman–Crippen LogP) is 8.60. The van der Waals surface area contributed by atoms with Crippen LogP contribution in [0.3, 0.4) is 0 Å². The molecule has 7 nitrogen and oxygen atoms in total. The highest BCUT2D eigenvalue weighted by molar-refractivity contribution is 6.00. The standard InChI is InChI=1S/C46H67NO6/c1-27(2)37-32(48)24-46(35(49)25-47)22-21-44(8)29(38(37)46)15-16-34-43(7)19-18-36(42(5,6)33(43)17-20-45(34,44)9)53-40(51)31-23-30(41(31,3)4)39(50)52-26-28-13-11-10-12-14-28/h10-14,27,29-31,33-36,49H,15-26,47H2,1-9H3/t29-,30+,31-,33+,34-,35+,36+,43+,44-,45-,46+/m1/s1. The van der Waals surface area contributed by atoms with Crippen LogP contribution in [0.25, 0.3) is 0 Å². The minimum Gasteiger partial charge on any atom is -0.462 e. The number of carbonyl (C=O) groups is 3. The molecule has 6 aliphatic rings. The summed E-state index contributed by atoms with van der Waals surface area (Å²) in [6, 6.07) is 9.71. The number of carbonyl (C=O) groups excluding carboxylic acids is 3. The van der Waals surface area contributed by atoms with E-state index in [1.807, 2.05) is 44.2 Å². The Morgan fingerprint density at radius 1 is 0.830 bits per heavy atom. The summed E-state index contributed by atoms with van der Waals surface area (Å²) in [4.78, 5) is 40.7. The van der Waals surface area contributed by atoms with E-state index in [4.69, 9.17) is 15.2 Å². The molecule has 0 spiro atoms. The molecule has 11 atom stereocenters. The molecule has 0 aliphatic heterocycles. The van der Waals surface area contributed by atoms with Crippen LogP contribution in [-0.4, -0.2) is 41.6 Å². The van der Waals surface area contributed by atoms with Crippen molar-refractivity contribution in [3.63, 3.8) is 0 Å². The molecule has 292 valence electrons. The first kappa shape index (κ1) is 38.8. The second-order valence-corrected chi connectivity index (χ2v) is 20.6. The molecule has 0 radical (unpaired) electrons. The van der Waals surface area contributed by atoms with Gasteiger partial charge in [0.2, 0.25) is 0 Å². The smallest absolute Gasteiger partial charge is 0.309 e. The van der Waals surface area contributed by atoms with Crippen LogP contribution in [0.1, 0.15) is 132 Å². The number of hydrogen-bond acceptors (Lipinski definition) is 7. The van der Waals surface area contributed by atoms with Gasteiger partial charge in [0.15, 0.2) is 5.78 Å². The number of ketones is 1. The van der Waals surface area contributed by atoms with Crippen LogP contribution in [0.4, 0.5) is 0 Å². The SMILES string of the molecule is CC(C)C1=C2[C@H]3CC[C@@H]4[C@@]5(C)CC[C@H](OC(=O)[C@H]6C[C@@H](C(=O)OCc7ccccc7)C6(C)C)C(C)(C)[C@@H]5CC[C@@]4(C)[C@]3(C)CC[C@@]2([C@@H](O)CN)CC1=O. The van der Waals surface area contributed by atoms with Crippen molar-refractivity contribution in [2.45, 2.75) is 145 Å². The largest absolute Gasteiger partial charge is 0.462 e. The maximum absolute atomic E-state index is 13.9. The van der Waals surface area contributed by atoms with Gasteiger partial charge in [0.05, 0.1) is 17.9 Å². The van der Waals surface area contributed by atoms with E-state index in [0.717, 1.165) is 62.5 Å². The molecule has 3 N–H and O–H groups in total. The van der Waals surface area contributed by atoms with Crippen molar-refractivity contribution in [2.75, 3.05) is 6.54 Å². The molecule has 0 aromatic heterocycles. The van der Waals surface area contributed by atoms with Gasteiger partial charge in [-0.1, -0.05) is 98.2 Å². The molecular formula is C46H67NO6. The van der Waals surface area contributed by atoms with Crippen LogP contribution in [0, 0.1) is 68.0 Å². The van der Waals surface area contributed by atoms with Crippen molar-refractivity contribution in [1.82, 2.24) is 0 Å². The zero-order valence-electron chi connectivity index (χ0n) is 34.1. The number of esters is 2. The monoisotopic (exact) mass is 729 g/mol. The van der Waals surface area contributed by atoms with Crippen LogP contribution >= 0.6 is 0 Å². The van der Waals surface area contributed by atoms with E-state index in [1.54, 1.807) is 0 Å². The highest BCUT2D eigenvalue weighted by Gasteiger charge is 2.71. The highest BCUT2D eigenvalue weighted by atomic mass is 16.5. The van der Waals surface area contributed by atoms with E-state index in [0.29, 0.717) is 24.7 Å². The fraction of sp³-hybridized carbons (Fsp3) is 0.761. The molecule has 0 heterocycles. The van der Waals surface area contributed by atoms with E-state index >= 15 is 0 Å². The zero-order chi connectivity index (χ0) is 38.5. The number of allylic oxidation sites excluding steroid dienone is 1. The lowest BCUT2D eigenvalue weighted by molar-refractivity contribution is -0.238. The second-order valence-electron chi connectivity index (χ2n) is 20.6. The Balaban J connectivity index is 1.07. The van der Waals surface area contributed by atoms with E-state index in [-0.39, 0.29) is 82.3 Å². The molecule has 1 aromatic rings. The van der Waals surface area contributed by atoms with Gasteiger partial charge in [0.25, 0.3) is 0 Å². The zero-order valence-corrected chi connectivity index (χ0v) is 34.1. The van der Waals surface area contributed by atoms with Gasteiger partial charge in [-0.2, -0.15) is 0 Å². The first-order chi connectivity index (χ1) is 24.8. The number of benzene rings is 1. The Morgan fingerprint density at radius 3 is 2.15 bits per heavy atom. The maximum atomic E-state index is 13.9. The Bertz CT molecular complexity index is 1660. The van der Waals surface area contributed by atoms with Crippen LogP contribution in [-0.2, 0) is 30.5 Å². The topological polar surface area (TPSA) is 116 Å². The lowest BCUT2D eigenvalue weighted by Crippen LogP contribution is -2.66. The molecule has 0 unspecified atom stereocenters. The molecule has 0 amide bonds. The summed E-state index contributed by atoms with van der Waals surface area (Å²) in [7, 11) is 0. The van der Waals surface area contributed by atoms with Gasteiger partial charge < -0.3 is 20.3 Å². The van der Waals surface area contributed by atoms with E-state index < -0.39 is 16.9 Å². The fourth-order valence-corrected chi connectivity index (χ4v) is 14.3. The van der Waals surface area contributed by atoms with Crippen LogP contribution in [0.2, 0.25) is 0 Å². The summed E-state index contributed by atoms with van der Waals surface area (Å²) in [6.07, 6.45) is 8.08. The van der Waals surface area contributed by atoms with Crippen molar-refractivity contribution in [1.29, 1.82) is 0 Å². The lowest BCUT2D eigenvalue weighted by Gasteiger charge is -2.72. The fourth-order valence-electron chi connectivity index (χ4n) is 14.3. The third kappa shape index (κ3) is 5.50. The Labute approximate surface area is 318 Å². The summed E-state index contributed by atoms with van der Waals surface area (Å²) in [6.45, 7) is 21.1.